The maximum atomic E-state index is 11.9. The summed E-state index contributed by atoms with van der Waals surface area (Å²) < 4.78 is 4.48. The van der Waals surface area contributed by atoms with Gasteiger partial charge in [0.2, 0.25) is 5.91 Å². The monoisotopic (exact) mass is 347 g/mol. The average Bonchev–Trinajstić information content (AvgIpc) is 3.07. The van der Waals surface area contributed by atoms with Crippen LogP contribution in [-0.2, 0) is 19.2 Å². The van der Waals surface area contributed by atoms with Gasteiger partial charge in [-0.2, -0.15) is 0 Å². The van der Waals surface area contributed by atoms with Gasteiger partial charge in [-0.25, -0.2) is 0 Å². The molecule has 2 rings (SSSR count). The fourth-order valence-corrected chi connectivity index (χ4v) is 2.29. The Labute approximate surface area is 144 Å². The quantitative estimate of drug-likeness (QED) is 0.295. The predicted molar refractivity (Wildman–Crippen MR) is 91.1 cm³/mol. The van der Waals surface area contributed by atoms with Crippen LogP contribution in [0.4, 0.5) is 0 Å². The molecule has 1 aromatic carbocycles. The molecular weight excluding hydrogens is 326 g/mol. The molecule has 0 radical (unpaired) electrons. The van der Waals surface area contributed by atoms with E-state index in [0.29, 0.717) is 12.0 Å². The third kappa shape index (κ3) is 5.01. The minimum atomic E-state index is -0.898. The molecule has 1 amide bonds. The van der Waals surface area contributed by atoms with Gasteiger partial charge in [0.15, 0.2) is 0 Å². The molecule has 0 aromatic heterocycles. The largest absolute Gasteiger partial charge is 0.468 e. The summed E-state index contributed by atoms with van der Waals surface area (Å²) >= 11 is 0. The summed E-state index contributed by atoms with van der Waals surface area (Å²) in [6.07, 6.45) is 0.208. The van der Waals surface area contributed by atoms with E-state index in [1.165, 1.54) is 7.11 Å². The number of carbonyl (C=O) groups excluding carboxylic acids is 2. The molecule has 6 N–H and O–H groups in total. The molecule has 0 spiro atoms. The van der Waals surface area contributed by atoms with E-state index in [4.69, 9.17) is 21.7 Å². The third-order valence-electron chi connectivity index (χ3n) is 3.70. The highest BCUT2D eigenvalue weighted by Gasteiger charge is 2.25. The highest BCUT2D eigenvalue weighted by Crippen LogP contribution is 2.19. The first-order chi connectivity index (χ1) is 11.9. The zero-order chi connectivity index (χ0) is 18.4. The Balaban J connectivity index is 1.80. The summed E-state index contributed by atoms with van der Waals surface area (Å²) in [5.41, 5.74) is 13.2. The van der Waals surface area contributed by atoms with Gasteiger partial charge in [0, 0.05) is 18.5 Å². The molecule has 9 heteroatoms. The number of amides is 1. The molecule has 1 unspecified atom stereocenters. The smallest absolute Gasteiger partial charge is 0.324 e. The van der Waals surface area contributed by atoms with Crippen LogP contribution in [0.15, 0.2) is 29.4 Å². The molecule has 9 nitrogen and oxygen atoms in total. The van der Waals surface area contributed by atoms with E-state index in [-0.39, 0.29) is 30.8 Å². The maximum absolute atomic E-state index is 11.9. The van der Waals surface area contributed by atoms with Crippen molar-refractivity contribution in [3.05, 3.63) is 35.4 Å². The number of nitrogens with one attached hydrogen (secondary N) is 2. The van der Waals surface area contributed by atoms with Gasteiger partial charge in [-0.15, -0.1) is 0 Å². The number of oxime groups is 1. The van der Waals surface area contributed by atoms with Crippen molar-refractivity contribution in [2.45, 2.75) is 25.0 Å². The van der Waals surface area contributed by atoms with E-state index < -0.39 is 12.0 Å². The van der Waals surface area contributed by atoms with Crippen LogP contribution in [-0.4, -0.2) is 49.2 Å². The standard InChI is InChI=1S/C16H21N5O4/c1-24-16(23)12(17)8-20-14(22)7-11-6-13(21-25-11)9-2-4-10(5-3-9)15(18)19/h2-5,11-12H,6-8,17H2,1H3,(H3,18,19)(H,20,22)/t11?,12-/m0/s1. The number of hydrogen-bond donors (Lipinski definition) is 4. The SMILES string of the molecule is COC(=O)[C@@H](N)CNC(=O)CC1CC(c2ccc(C(=N)N)cc2)=NO1. The Bertz CT molecular complexity index is 686. The molecule has 1 aromatic rings. The van der Waals surface area contributed by atoms with Crippen LogP contribution in [0.5, 0.6) is 0 Å². The van der Waals surface area contributed by atoms with Gasteiger partial charge in [-0.05, 0) is 5.56 Å². The van der Waals surface area contributed by atoms with Gasteiger partial charge in [0.1, 0.15) is 18.0 Å². The minimum absolute atomic E-state index is 0.00154. The second-order valence-electron chi connectivity index (χ2n) is 5.60. The number of nitrogen functional groups attached to an aromatic ring is 1. The number of hydrogen-bond acceptors (Lipinski definition) is 7. The third-order valence-corrected chi connectivity index (χ3v) is 3.70. The van der Waals surface area contributed by atoms with Gasteiger partial charge in [0.25, 0.3) is 0 Å². The zero-order valence-electron chi connectivity index (χ0n) is 13.8. The molecule has 25 heavy (non-hydrogen) atoms. The van der Waals surface area contributed by atoms with E-state index in [0.717, 1.165) is 11.3 Å². The van der Waals surface area contributed by atoms with Crippen molar-refractivity contribution in [1.82, 2.24) is 5.32 Å². The van der Waals surface area contributed by atoms with Crippen molar-refractivity contribution >= 4 is 23.4 Å². The van der Waals surface area contributed by atoms with Crippen molar-refractivity contribution in [2.75, 3.05) is 13.7 Å². The maximum Gasteiger partial charge on any atom is 0.324 e. The van der Waals surface area contributed by atoms with E-state index in [1.807, 2.05) is 0 Å². The number of benzene rings is 1. The van der Waals surface area contributed by atoms with Gasteiger partial charge >= 0.3 is 5.97 Å². The fraction of sp³-hybridized carbons (Fsp3) is 0.375. The Morgan fingerprint density at radius 1 is 1.44 bits per heavy atom. The van der Waals surface area contributed by atoms with Crippen LogP contribution >= 0.6 is 0 Å². The molecule has 1 aliphatic heterocycles. The minimum Gasteiger partial charge on any atom is -0.468 e. The Kier molecular flexibility index (Phi) is 6.07. The Hall–Kier alpha value is -2.94. The molecule has 1 aliphatic rings. The van der Waals surface area contributed by atoms with E-state index in [2.05, 4.69) is 15.2 Å². The lowest BCUT2D eigenvalue weighted by Crippen LogP contribution is -2.43. The number of nitrogens with two attached hydrogens (primary N) is 2. The molecule has 0 bridgehead atoms. The van der Waals surface area contributed by atoms with Crippen molar-refractivity contribution in [3.63, 3.8) is 0 Å². The second kappa shape index (κ2) is 8.25. The topological polar surface area (TPSA) is 153 Å². The fourth-order valence-electron chi connectivity index (χ4n) is 2.29. The summed E-state index contributed by atoms with van der Waals surface area (Å²) in [5.74, 6) is -0.874. The number of amidine groups is 1. The summed E-state index contributed by atoms with van der Waals surface area (Å²) in [6.45, 7) is -0.00154. The van der Waals surface area contributed by atoms with Crippen molar-refractivity contribution < 1.29 is 19.2 Å². The van der Waals surface area contributed by atoms with Gasteiger partial charge in [-0.1, -0.05) is 29.4 Å². The van der Waals surface area contributed by atoms with Crippen molar-refractivity contribution in [3.8, 4) is 0 Å². The molecule has 0 saturated carbocycles. The zero-order valence-corrected chi connectivity index (χ0v) is 13.8. The Morgan fingerprint density at radius 3 is 2.72 bits per heavy atom. The second-order valence-corrected chi connectivity index (χ2v) is 5.60. The van der Waals surface area contributed by atoms with E-state index >= 15 is 0 Å². The molecule has 2 atom stereocenters. The summed E-state index contributed by atoms with van der Waals surface area (Å²) in [5, 5.41) is 13.9. The highest BCUT2D eigenvalue weighted by atomic mass is 16.6. The summed E-state index contributed by atoms with van der Waals surface area (Å²) in [4.78, 5) is 28.3. The number of carbonyl (C=O) groups is 2. The number of nitrogens with zero attached hydrogens (tertiary/aromatic N) is 1. The molecular formula is C16H21N5O4. The van der Waals surface area contributed by atoms with Gasteiger partial charge < -0.3 is 26.4 Å². The number of esters is 1. The molecule has 134 valence electrons. The van der Waals surface area contributed by atoms with Crippen molar-refractivity contribution in [2.24, 2.45) is 16.6 Å². The van der Waals surface area contributed by atoms with Crippen LogP contribution in [0.1, 0.15) is 24.0 Å². The van der Waals surface area contributed by atoms with Crippen LogP contribution in [0.3, 0.4) is 0 Å². The normalized spacial score (nSPS) is 17.2. The first-order valence-electron chi connectivity index (χ1n) is 7.68. The van der Waals surface area contributed by atoms with Crippen LogP contribution in [0.25, 0.3) is 0 Å². The van der Waals surface area contributed by atoms with E-state index in [1.54, 1.807) is 24.3 Å². The number of rotatable bonds is 7. The molecule has 0 saturated heterocycles. The van der Waals surface area contributed by atoms with Gasteiger partial charge in [-0.3, -0.25) is 15.0 Å². The van der Waals surface area contributed by atoms with E-state index in [9.17, 15) is 9.59 Å². The molecule has 0 aliphatic carbocycles. The lowest BCUT2D eigenvalue weighted by molar-refractivity contribution is -0.142. The first-order valence-corrected chi connectivity index (χ1v) is 7.68. The Morgan fingerprint density at radius 2 is 2.12 bits per heavy atom. The highest BCUT2D eigenvalue weighted by molar-refractivity contribution is 6.02. The molecule has 0 fully saturated rings. The molecule has 1 heterocycles. The average molecular weight is 347 g/mol. The van der Waals surface area contributed by atoms with Gasteiger partial charge in [0.05, 0.1) is 19.2 Å². The van der Waals surface area contributed by atoms with Crippen molar-refractivity contribution in [1.29, 1.82) is 5.41 Å². The predicted octanol–water partition coefficient (Wildman–Crippen LogP) is -0.530. The summed E-state index contributed by atoms with van der Waals surface area (Å²) in [7, 11) is 1.23. The number of methoxy groups -OCH3 is 1. The van der Waals surface area contributed by atoms with Crippen LogP contribution in [0, 0.1) is 5.41 Å². The van der Waals surface area contributed by atoms with Crippen LogP contribution < -0.4 is 16.8 Å². The lowest BCUT2D eigenvalue weighted by atomic mass is 10.0. The lowest BCUT2D eigenvalue weighted by Gasteiger charge is -2.12. The summed E-state index contributed by atoms with van der Waals surface area (Å²) in [6, 6.07) is 6.17. The first kappa shape index (κ1) is 18.4. The van der Waals surface area contributed by atoms with Crippen LogP contribution in [0.2, 0.25) is 0 Å². The number of ether oxygens (including phenoxy) is 1.